The number of benzene rings is 1. The molecule has 8 heteroatoms. The Kier molecular flexibility index (Phi) is 5.23. The lowest BCUT2D eigenvalue weighted by molar-refractivity contribution is 0.0828. The fourth-order valence-electron chi connectivity index (χ4n) is 2.01. The number of hydrogen-bond donors (Lipinski definition) is 2. The average molecular weight is 355 g/mol. The van der Waals surface area contributed by atoms with E-state index in [4.69, 9.17) is 9.15 Å². The van der Waals surface area contributed by atoms with Crippen molar-refractivity contribution >= 4 is 11.8 Å². The van der Waals surface area contributed by atoms with Crippen molar-refractivity contribution in [2.24, 2.45) is 0 Å². The van der Waals surface area contributed by atoms with Crippen molar-refractivity contribution in [1.82, 2.24) is 15.8 Å². The number of hydrogen-bond acceptors (Lipinski definition) is 5. The van der Waals surface area contributed by atoms with E-state index in [1.165, 1.54) is 42.7 Å². The minimum absolute atomic E-state index is 0.00851. The zero-order valence-corrected chi connectivity index (χ0v) is 13.4. The van der Waals surface area contributed by atoms with Gasteiger partial charge in [0.1, 0.15) is 23.9 Å². The molecule has 2 aromatic heterocycles. The molecule has 0 aliphatic carbocycles. The summed E-state index contributed by atoms with van der Waals surface area (Å²) in [6.45, 7) is 0.0704. The molecule has 26 heavy (non-hydrogen) atoms. The second-order valence-electron chi connectivity index (χ2n) is 5.16. The van der Waals surface area contributed by atoms with E-state index in [0.29, 0.717) is 17.1 Å². The Morgan fingerprint density at radius 3 is 2.54 bits per heavy atom. The van der Waals surface area contributed by atoms with Crippen LogP contribution in [0.4, 0.5) is 4.39 Å². The summed E-state index contributed by atoms with van der Waals surface area (Å²) in [5.41, 5.74) is 4.82. The molecule has 3 aromatic rings. The predicted molar refractivity (Wildman–Crippen MR) is 88.6 cm³/mol. The van der Waals surface area contributed by atoms with Crippen molar-refractivity contribution in [1.29, 1.82) is 0 Å². The quantitative estimate of drug-likeness (QED) is 0.686. The summed E-state index contributed by atoms with van der Waals surface area (Å²) in [6, 6.07) is 11.7. The van der Waals surface area contributed by atoms with Gasteiger partial charge in [-0.05, 0) is 48.5 Å². The van der Waals surface area contributed by atoms with E-state index < -0.39 is 11.8 Å². The van der Waals surface area contributed by atoms with Gasteiger partial charge in [0.25, 0.3) is 5.91 Å². The third-order valence-electron chi connectivity index (χ3n) is 3.29. The highest BCUT2D eigenvalue weighted by Crippen LogP contribution is 2.15. The van der Waals surface area contributed by atoms with Crippen LogP contribution in [0.25, 0.3) is 0 Å². The van der Waals surface area contributed by atoms with Crippen molar-refractivity contribution in [2.75, 3.05) is 0 Å². The Morgan fingerprint density at radius 2 is 1.81 bits per heavy atom. The van der Waals surface area contributed by atoms with Crippen molar-refractivity contribution in [2.45, 2.75) is 6.61 Å². The summed E-state index contributed by atoms with van der Waals surface area (Å²) in [4.78, 5) is 27.6. The predicted octanol–water partition coefficient (Wildman–Crippen LogP) is 2.47. The topological polar surface area (TPSA) is 93.5 Å². The van der Waals surface area contributed by atoms with Crippen LogP contribution in [0.5, 0.6) is 5.75 Å². The SMILES string of the molecule is O=C(NNC(=O)c1ccc(COc2ccc(F)cc2)o1)c1cccnc1. The fraction of sp³-hybridized carbons (Fsp3) is 0.0556. The first-order valence-electron chi connectivity index (χ1n) is 7.59. The van der Waals surface area contributed by atoms with E-state index >= 15 is 0 Å². The van der Waals surface area contributed by atoms with Gasteiger partial charge in [-0.2, -0.15) is 0 Å². The summed E-state index contributed by atoms with van der Waals surface area (Å²) in [6.07, 6.45) is 2.91. The molecule has 0 aliphatic rings. The Balaban J connectivity index is 1.51. The number of carbonyl (C=O) groups is 2. The molecule has 1 aromatic carbocycles. The first-order chi connectivity index (χ1) is 12.6. The molecule has 0 bridgehead atoms. The third-order valence-corrected chi connectivity index (χ3v) is 3.29. The van der Waals surface area contributed by atoms with Gasteiger partial charge in [0.15, 0.2) is 5.76 Å². The lowest BCUT2D eigenvalue weighted by atomic mass is 10.3. The normalized spacial score (nSPS) is 10.2. The minimum atomic E-state index is -0.615. The third kappa shape index (κ3) is 4.44. The van der Waals surface area contributed by atoms with Gasteiger partial charge in [-0.25, -0.2) is 4.39 Å². The molecule has 0 fully saturated rings. The monoisotopic (exact) mass is 355 g/mol. The number of halogens is 1. The lowest BCUT2D eigenvalue weighted by Gasteiger charge is -2.06. The van der Waals surface area contributed by atoms with Crippen LogP contribution in [-0.4, -0.2) is 16.8 Å². The molecule has 0 unspecified atom stereocenters. The maximum absolute atomic E-state index is 12.8. The van der Waals surface area contributed by atoms with Crippen LogP contribution in [0.1, 0.15) is 26.7 Å². The van der Waals surface area contributed by atoms with Crippen LogP contribution >= 0.6 is 0 Å². The van der Waals surface area contributed by atoms with Crippen molar-refractivity contribution < 1.29 is 23.1 Å². The zero-order chi connectivity index (χ0) is 18.4. The highest BCUT2D eigenvalue weighted by molar-refractivity contribution is 5.97. The lowest BCUT2D eigenvalue weighted by Crippen LogP contribution is -2.41. The van der Waals surface area contributed by atoms with Crippen LogP contribution in [0.2, 0.25) is 0 Å². The molecule has 132 valence electrons. The van der Waals surface area contributed by atoms with Crippen molar-refractivity contribution in [3.63, 3.8) is 0 Å². The second kappa shape index (κ2) is 7.93. The summed E-state index contributed by atoms with van der Waals surface area (Å²) in [7, 11) is 0. The number of nitrogens with one attached hydrogen (secondary N) is 2. The van der Waals surface area contributed by atoms with Gasteiger partial charge in [0.05, 0.1) is 5.56 Å². The molecule has 0 atom stereocenters. The smallest absolute Gasteiger partial charge is 0.305 e. The highest BCUT2D eigenvalue weighted by atomic mass is 19.1. The molecule has 0 radical (unpaired) electrons. The van der Waals surface area contributed by atoms with E-state index in [1.54, 1.807) is 18.2 Å². The minimum Gasteiger partial charge on any atom is -0.486 e. The van der Waals surface area contributed by atoms with Crippen LogP contribution in [0.3, 0.4) is 0 Å². The molecule has 2 N–H and O–H groups in total. The summed E-state index contributed by atoms with van der Waals surface area (Å²) >= 11 is 0. The maximum Gasteiger partial charge on any atom is 0.305 e. The van der Waals surface area contributed by atoms with E-state index in [9.17, 15) is 14.0 Å². The highest BCUT2D eigenvalue weighted by Gasteiger charge is 2.13. The second-order valence-corrected chi connectivity index (χ2v) is 5.16. The maximum atomic E-state index is 12.8. The summed E-state index contributed by atoms with van der Waals surface area (Å²) in [5.74, 6) is -0.597. The van der Waals surface area contributed by atoms with Gasteiger partial charge >= 0.3 is 5.91 Å². The first kappa shape index (κ1) is 17.2. The van der Waals surface area contributed by atoms with Crippen LogP contribution in [0, 0.1) is 5.82 Å². The van der Waals surface area contributed by atoms with Crippen LogP contribution < -0.4 is 15.6 Å². The van der Waals surface area contributed by atoms with Gasteiger partial charge in [-0.15, -0.1) is 0 Å². The van der Waals surface area contributed by atoms with Crippen LogP contribution in [0.15, 0.2) is 65.3 Å². The van der Waals surface area contributed by atoms with Gasteiger partial charge in [-0.1, -0.05) is 0 Å². The van der Waals surface area contributed by atoms with Gasteiger partial charge in [0.2, 0.25) is 0 Å². The Bertz CT molecular complexity index is 894. The molecule has 2 heterocycles. The number of rotatable bonds is 5. The molecule has 0 spiro atoms. The van der Waals surface area contributed by atoms with Crippen molar-refractivity contribution in [3.8, 4) is 5.75 Å². The van der Waals surface area contributed by atoms with E-state index in [0.717, 1.165) is 0 Å². The fourth-order valence-corrected chi connectivity index (χ4v) is 2.01. The van der Waals surface area contributed by atoms with E-state index in [-0.39, 0.29) is 18.2 Å². The number of amides is 2. The number of nitrogens with zero attached hydrogens (tertiary/aromatic N) is 1. The van der Waals surface area contributed by atoms with E-state index in [1.807, 2.05) is 0 Å². The Hall–Kier alpha value is -3.68. The summed E-state index contributed by atoms with van der Waals surface area (Å²) in [5, 5.41) is 0. The first-order valence-corrected chi connectivity index (χ1v) is 7.59. The standard InChI is InChI=1S/C18H14FN3O4/c19-13-3-5-14(6-4-13)25-11-15-7-8-16(26-15)18(24)22-21-17(23)12-2-1-9-20-10-12/h1-10H,11H2,(H,21,23)(H,22,24). The average Bonchev–Trinajstić information content (AvgIpc) is 3.15. The molecule has 2 amide bonds. The zero-order valence-electron chi connectivity index (χ0n) is 13.4. The molecule has 0 saturated heterocycles. The number of hydrazine groups is 1. The van der Waals surface area contributed by atoms with Crippen LogP contribution in [-0.2, 0) is 6.61 Å². The molecule has 3 rings (SSSR count). The summed E-state index contributed by atoms with van der Waals surface area (Å²) < 4.78 is 23.6. The largest absolute Gasteiger partial charge is 0.486 e. The number of ether oxygens (including phenoxy) is 1. The number of pyridine rings is 1. The molecule has 0 aliphatic heterocycles. The molecule has 0 saturated carbocycles. The molecular weight excluding hydrogens is 341 g/mol. The van der Waals surface area contributed by atoms with Gasteiger partial charge in [-0.3, -0.25) is 25.4 Å². The van der Waals surface area contributed by atoms with E-state index in [2.05, 4.69) is 15.8 Å². The Labute approximate surface area is 147 Å². The van der Waals surface area contributed by atoms with Gasteiger partial charge in [0, 0.05) is 12.4 Å². The molecule has 7 nitrogen and oxygen atoms in total. The number of aromatic nitrogens is 1. The van der Waals surface area contributed by atoms with Crippen molar-refractivity contribution in [3.05, 3.63) is 83.8 Å². The van der Waals surface area contributed by atoms with Gasteiger partial charge < -0.3 is 9.15 Å². The Morgan fingerprint density at radius 1 is 1.04 bits per heavy atom. The number of carbonyl (C=O) groups excluding carboxylic acids is 2. The number of furan rings is 1. The molecular formula is C18H14FN3O4.